The molecule has 0 radical (unpaired) electrons. The van der Waals surface area contributed by atoms with Gasteiger partial charge in [0.15, 0.2) is 0 Å². The van der Waals surface area contributed by atoms with E-state index in [1.165, 1.54) is 0 Å². The van der Waals surface area contributed by atoms with Gasteiger partial charge in [-0.2, -0.15) is 12.3 Å². The predicted molar refractivity (Wildman–Crippen MR) is 67.9 cm³/mol. The third-order valence-electron chi connectivity index (χ3n) is 1.01. The molecule has 2 N–H and O–H groups in total. The van der Waals surface area contributed by atoms with Gasteiger partial charge in [0, 0.05) is 30.3 Å². The minimum atomic E-state index is -3.19. The predicted octanol–water partition coefficient (Wildman–Crippen LogP) is -2.17. The number of ether oxygens (including phenoxy) is 1. The van der Waals surface area contributed by atoms with E-state index in [0.717, 1.165) is 0 Å². The molecule has 18 heavy (non-hydrogen) atoms. The van der Waals surface area contributed by atoms with Crippen molar-refractivity contribution in [2.24, 2.45) is 0 Å². The van der Waals surface area contributed by atoms with Gasteiger partial charge in [0.25, 0.3) is 0 Å². The number of halogens is 1. The Hall–Kier alpha value is -0.274. The molecule has 2 aromatic rings. The summed E-state index contributed by atoms with van der Waals surface area (Å²) >= 11 is 0. The van der Waals surface area contributed by atoms with E-state index in [1.54, 1.807) is 0 Å². The maximum atomic E-state index is 8.96. The summed E-state index contributed by atoms with van der Waals surface area (Å²) in [6.07, 6.45) is -3.92. The molecule has 1 aliphatic heterocycles. The first kappa shape index (κ1) is 5.25. The van der Waals surface area contributed by atoms with Gasteiger partial charge in [-0.1, -0.05) is 12.1 Å². The van der Waals surface area contributed by atoms with Gasteiger partial charge in [0.05, 0.1) is 28.2 Å². The Morgan fingerprint density at radius 1 is 1.44 bits per heavy atom. The Morgan fingerprint density at radius 2 is 2.06 bits per heavy atom. The van der Waals surface area contributed by atoms with Gasteiger partial charge in [-0.05, 0) is 12.1 Å². The number of hydrogen-bond acceptors (Lipinski definition) is 2. The minimum Gasteiger partial charge on any atom is -1.00 e. The zero-order valence-electron chi connectivity index (χ0n) is 23.9. The fourth-order valence-electron chi connectivity index (χ4n) is 0.477. The number of aromatic nitrogens is 2. The van der Waals surface area contributed by atoms with Gasteiger partial charge < -0.3 is 36.8 Å². The summed E-state index contributed by atoms with van der Waals surface area (Å²) in [5, 5.41) is 8.96. The number of aromatic amines is 1. The SMILES string of the molecule is [2H]C1([2H])OC1([2H])[2H].[2H]c1[n-]c([2H])c([2H])c1[2H].[2H]c1[nH]c(C([2H])([2H])C([2H])([2H])O)c([2H])c1[2H].[Br-].[Mg+2]. The number of rotatable bonds is 2. The van der Waals surface area contributed by atoms with Crippen molar-refractivity contribution in [3.8, 4) is 0 Å². The maximum absolute atomic E-state index is 8.96. The molecule has 0 saturated carbocycles. The largest absolute Gasteiger partial charge is 2.00 e. The van der Waals surface area contributed by atoms with E-state index < -0.39 is 50.0 Å². The fraction of sp³-hybridized carbons (Fsp3) is 0.333. The molecule has 1 aliphatic rings. The molecular weight excluding hydrogens is 308 g/mol. The van der Waals surface area contributed by atoms with E-state index in [4.69, 9.17) is 25.7 Å². The van der Waals surface area contributed by atoms with Gasteiger partial charge in [-0.15, -0.1) is 0 Å². The van der Waals surface area contributed by atoms with Crippen LogP contribution in [0.15, 0.2) is 42.7 Å². The Bertz CT molecular complexity index is 908. The zero-order valence-corrected chi connectivity index (χ0v) is 11.9. The van der Waals surface area contributed by atoms with Crippen molar-refractivity contribution in [2.45, 2.75) is 6.37 Å². The molecule has 0 bridgehead atoms. The van der Waals surface area contributed by atoms with Crippen molar-refractivity contribution in [1.82, 2.24) is 9.97 Å². The number of aryl methyl sites for hydroxylation is 1. The van der Waals surface area contributed by atoms with E-state index in [-0.39, 0.29) is 64.5 Å². The number of nitrogens with one attached hydrogen (secondary N) is 1. The normalized spacial score (nSPS) is 29.7. The van der Waals surface area contributed by atoms with Crippen LogP contribution < -0.4 is 22.0 Å². The Kier molecular flexibility index (Phi) is 4.31. The topological polar surface area (TPSA) is 62.7 Å². The van der Waals surface area contributed by atoms with Gasteiger partial charge >= 0.3 is 23.1 Å². The second-order valence-corrected chi connectivity index (χ2v) is 2.00. The van der Waals surface area contributed by atoms with E-state index in [9.17, 15) is 0 Å². The van der Waals surface area contributed by atoms with Gasteiger partial charge in [-0.3, -0.25) is 0 Å². The summed E-state index contributed by atoms with van der Waals surface area (Å²) < 4.78 is 107. The molecule has 0 atom stereocenters. The first-order chi connectivity index (χ1) is 13.7. The van der Waals surface area contributed by atoms with Crippen molar-refractivity contribution in [2.75, 3.05) is 19.7 Å². The maximum Gasteiger partial charge on any atom is 2.00 e. The summed E-state index contributed by atoms with van der Waals surface area (Å²) in [6.45, 7) is -7.23. The van der Waals surface area contributed by atoms with Gasteiger partial charge in [0.1, 0.15) is 0 Å². The first-order valence-electron chi connectivity index (χ1n) is 11.3. The summed E-state index contributed by atoms with van der Waals surface area (Å²) in [5.41, 5.74) is -0.606. The standard InChI is InChI=1S/C6H9NO.C4H4N.C2H4O.BrH.Mg/c8-5-3-6-2-1-4-7-6;1-2-4-5-3-1;1-2-3-1;;/h1-2,4,7-8H,3,5H2;1-4H;1-2H2;1H;/q;-1;;;+2/p-1/i1D,2D,3D2,4D,5D2;1D,2D,3D,4D;1D2,2D2;;. The van der Waals surface area contributed by atoms with Crippen LogP contribution in [-0.2, 0) is 11.1 Å². The van der Waals surface area contributed by atoms with Crippen LogP contribution in [0.2, 0.25) is 0 Å². The van der Waals surface area contributed by atoms with Crippen LogP contribution in [0.5, 0.6) is 0 Å². The van der Waals surface area contributed by atoms with Crippen LogP contribution in [0.4, 0.5) is 0 Å². The Balaban J connectivity index is 0. The zero-order chi connectivity index (χ0) is 24.7. The van der Waals surface area contributed by atoms with Crippen LogP contribution in [0.3, 0.4) is 0 Å². The van der Waals surface area contributed by atoms with E-state index in [1.807, 2.05) is 0 Å². The number of epoxide rings is 1. The van der Waals surface area contributed by atoms with E-state index >= 15 is 0 Å². The van der Waals surface area contributed by atoms with Crippen molar-refractivity contribution in [1.29, 1.82) is 0 Å². The summed E-state index contributed by atoms with van der Waals surface area (Å²) in [4.78, 5) is 5.34. The second kappa shape index (κ2) is 14.8. The molecule has 4 nitrogen and oxygen atoms in total. The fourth-order valence-corrected chi connectivity index (χ4v) is 0.477. The van der Waals surface area contributed by atoms with E-state index in [0.29, 0.717) is 0 Å². The molecule has 3 rings (SSSR count). The first-order valence-corrected chi connectivity index (χ1v) is 3.83. The average molecular weight is 341 g/mol. The van der Waals surface area contributed by atoms with Crippen LogP contribution in [0, 0.1) is 0 Å². The minimum absolute atomic E-state index is 0. The Labute approximate surface area is 155 Å². The van der Waals surface area contributed by atoms with Crippen LogP contribution in [0.25, 0.3) is 0 Å². The molecule has 0 spiro atoms. The molecule has 1 fully saturated rings. The number of nitrogens with zero attached hydrogens (tertiary/aromatic N) is 1. The molecule has 0 aromatic carbocycles. The molecule has 1 saturated heterocycles. The summed E-state index contributed by atoms with van der Waals surface area (Å²) in [6, 6.07) is -1.68. The molecule has 6 heteroatoms. The number of aliphatic hydroxyl groups is 1. The van der Waals surface area contributed by atoms with Crippen LogP contribution in [-0.4, -0.2) is 52.8 Å². The van der Waals surface area contributed by atoms with Crippen molar-refractivity contribution < 1.29 is 47.4 Å². The third-order valence-corrected chi connectivity index (χ3v) is 1.01. The second-order valence-electron chi connectivity index (χ2n) is 2.00. The summed E-state index contributed by atoms with van der Waals surface area (Å²) in [7, 11) is 0. The third kappa shape index (κ3) is 13.8. The van der Waals surface area contributed by atoms with Gasteiger partial charge in [-0.25, -0.2) is 0 Å². The smallest absolute Gasteiger partial charge is 1.00 e. The van der Waals surface area contributed by atoms with Crippen LogP contribution >= 0.6 is 0 Å². The van der Waals surface area contributed by atoms with Crippen LogP contribution in [0.1, 0.15) is 26.3 Å². The van der Waals surface area contributed by atoms with Crippen molar-refractivity contribution in [3.05, 3.63) is 48.4 Å². The number of H-pyrrole nitrogens is 1. The molecule has 3 heterocycles. The molecule has 96 valence electrons. The van der Waals surface area contributed by atoms with Crippen molar-refractivity contribution in [3.63, 3.8) is 0 Å². The molecule has 0 unspecified atom stereocenters. The molecular formula is C12H17BrMgN2O2. The monoisotopic (exact) mass is 339 g/mol. The molecule has 2 aromatic heterocycles. The quantitative estimate of drug-likeness (QED) is 0.483. The number of hydrogen-bond donors (Lipinski definition) is 2. The average Bonchev–Trinajstić information content (AvgIpc) is 2.82. The van der Waals surface area contributed by atoms with E-state index in [2.05, 4.69) is 14.7 Å². The molecule has 0 aliphatic carbocycles. The van der Waals surface area contributed by atoms with Gasteiger partial charge in [0.2, 0.25) is 0 Å². The molecule has 0 amide bonds. The Morgan fingerprint density at radius 3 is 2.33 bits per heavy atom. The van der Waals surface area contributed by atoms with Crippen molar-refractivity contribution >= 4 is 23.1 Å². The summed E-state index contributed by atoms with van der Waals surface area (Å²) in [5.74, 6) is 0.